The van der Waals surface area contributed by atoms with Crippen LogP contribution in [-0.2, 0) is 6.61 Å². The van der Waals surface area contributed by atoms with Crippen LogP contribution in [0.4, 0.5) is 0 Å². The average molecular weight is 611 g/mol. The van der Waals surface area contributed by atoms with Crippen LogP contribution >= 0.6 is 15.9 Å². The molecule has 1 fully saturated rings. The Morgan fingerprint density at radius 2 is 1.71 bits per heavy atom. The van der Waals surface area contributed by atoms with E-state index in [9.17, 15) is 4.79 Å². The quantitative estimate of drug-likeness (QED) is 0.166. The van der Waals surface area contributed by atoms with Crippen LogP contribution in [0.25, 0.3) is 21.7 Å². The van der Waals surface area contributed by atoms with Gasteiger partial charge >= 0.3 is 0 Å². The van der Waals surface area contributed by atoms with Crippen LogP contribution < -0.4 is 15.0 Å². The van der Waals surface area contributed by atoms with Crippen LogP contribution in [0.2, 0.25) is 0 Å². The molecule has 1 heterocycles. The number of nitrogens with zero attached hydrogens (tertiary/aromatic N) is 3. The highest BCUT2D eigenvalue weighted by Gasteiger charge is 2.22. The Hall–Kier alpha value is -3.97. The number of fused-ring (bicyclic) bond motifs is 2. The highest BCUT2D eigenvalue weighted by Crippen LogP contribution is 2.38. The van der Waals surface area contributed by atoms with Crippen LogP contribution in [0, 0.1) is 0 Å². The molecule has 0 unspecified atom stereocenters. The van der Waals surface area contributed by atoms with Gasteiger partial charge in [0.1, 0.15) is 12.4 Å². The summed E-state index contributed by atoms with van der Waals surface area (Å²) in [7, 11) is 0. The molecule has 1 saturated carbocycles. The molecule has 0 spiro atoms. The predicted molar refractivity (Wildman–Crippen MR) is 168 cm³/mol. The smallest absolute Gasteiger partial charge is 0.282 e. The first kappa shape index (κ1) is 27.2. The first-order valence-electron chi connectivity index (χ1n) is 14.2. The van der Waals surface area contributed by atoms with Crippen molar-refractivity contribution in [1.29, 1.82) is 0 Å². The largest absolute Gasteiger partial charge is 0.490 e. The van der Waals surface area contributed by atoms with Gasteiger partial charge < -0.3 is 9.47 Å². The maximum atomic E-state index is 13.6. The normalized spacial score (nSPS) is 14.2. The van der Waals surface area contributed by atoms with Gasteiger partial charge in [-0.25, -0.2) is 4.98 Å². The van der Waals surface area contributed by atoms with Crippen molar-refractivity contribution in [2.75, 3.05) is 6.61 Å². The molecule has 6 rings (SSSR count). The minimum absolute atomic E-state index is 0.147. The Kier molecular flexibility index (Phi) is 8.14. The van der Waals surface area contributed by atoms with E-state index in [0.717, 1.165) is 58.0 Å². The number of aromatic nitrogens is 2. The number of halogens is 1. The summed E-state index contributed by atoms with van der Waals surface area (Å²) < 4.78 is 14.6. The number of ether oxygens (including phenoxy) is 2. The van der Waals surface area contributed by atoms with Crippen molar-refractivity contribution < 1.29 is 9.47 Å². The molecule has 41 heavy (non-hydrogen) atoms. The van der Waals surface area contributed by atoms with Gasteiger partial charge in [-0.3, -0.25) is 4.79 Å². The maximum Gasteiger partial charge on any atom is 0.282 e. The number of para-hydroxylation sites is 1. The maximum absolute atomic E-state index is 13.6. The fourth-order valence-corrected chi connectivity index (χ4v) is 6.21. The topological polar surface area (TPSA) is 65.7 Å². The lowest BCUT2D eigenvalue weighted by molar-refractivity contribution is 0.268. The fourth-order valence-electron chi connectivity index (χ4n) is 5.64. The molecular weight excluding hydrogens is 578 g/mol. The summed E-state index contributed by atoms with van der Waals surface area (Å²) >= 11 is 3.69. The molecule has 0 saturated heterocycles. The summed E-state index contributed by atoms with van der Waals surface area (Å²) in [6.07, 6.45) is 7.24. The third-order valence-corrected chi connectivity index (χ3v) is 8.24. The van der Waals surface area contributed by atoms with Crippen molar-refractivity contribution >= 4 is 43.8 Å². The lowest BCUT2D eigenvalue weighted by Crippen LogP contribution is -2.25. The van der Waals surface area contributed by atoms with Gasteiger partial charge in [-0.2, -0.15) is 9.78 Å². The zero-order chi connectivity index (χ0) is 28.2. The first-order valence-corrected chi connectivity index (χ1v) is 15.0. The van der Waals surface area contributed by atoms with Crippen molar-refractivity contribution in [3.63, 3.8) is 0 Å². The van der Waals surface area contributed by atoms with Gasteiger partial charge in [0.25, 0.3) is 5.56 Å². The third kappa shape index (κ3) is 5.77. The molecule has 7 heteroatoms. The van der Waals surface area contributed by atoms with E-state index in [1.807, 2.05) is 61.5 Å². The minimum atomic E-state index is -0.147. The molecule has 4 aromatic carbocycles. The highest BCUT2D eigenvalue weighted by atomic mass is 79.9. The third-order valence-electron chi connectivity index (χ3n) is 7.66. The van der Waals surface area contributed by atoms with Crippen LogP contribution in [0.1, 0.15) is 61.9 Å². The molecule has 0 bridgehead atoms. The van der Waals surface area contributed by atoms with Crippen molar-refractivity contribution in [3.8, 4) is 11.5 Å². The zero-order valence-electron chi connectivity index (χ0n) is 23.1. The second-order valence-electron chi connectivity index (χ2n) is 10.4. The highest BCUT2D eigenvalue weighted by molar-refractivity contribution is 9.10. The average Bonchev–Trinajstić information content (AvgIpc) is 3.01. The van der Waals surface area contributed by atoms with E-state index < -0.39 is 0 Å². The minimum Gasteiger partial charge on any atom is -0.490 e. The van der Waals surface area contributed by atoms with E-state index in [0.29, 0.717) is 30.1 Å². The molecule has 0 atom stereocenters. The van der Waals surface area contributed by atoms with Crippen LogP contribution in [-0.4, -0.2) is 22.5 Å². The molecule has 1 aromatic heterocycles. The number of hydrogen-bond donors (Lipinski definition) is 0. The van der Waals surface area contributed by atoms with E-state index in [4.69, 9.17) is 19.6 Å². The summed E-state index contributed by atoms with van der Waals surface area (Å²) in [4.78, 5) is 18.5. The Balaban J connectivity index is 1.34. The van der Waals surface area contributed by atoms with Gasteiger partial charge in [-0.1, -0.05) is 73.9 Å². The standard InChI is InChI=1S/C34H32BrN3O3/c1-2-40-31-20-23(19-29(35)32(31)41-22-26-15-10-14-24-11-6-7-16-27(24)26)21-36-38-33(25-12-4-3-5-13-25)37-30-18-9-8-17-28(30)34(38)39/h6-11,14-21,25H,2-5,12-13,22H2,1H3. The predicted octanol–water partition coefficient (Wildman–Crippen LogP) is 8.22. The second kappa shape index (κ2) is 12.3. The summed E-state index contributed by atoms with van der Waals surface area (Å²) in [5.41, 5.74) is 2.46. The molecule has 0 aliphatic heterocycles. The summed E-state index contributed by atoms with van der Waals surface area (Å²) in [6.45, 7) is 2.83. The SMILES string of the molecule is CCOc1cc(C=Nn2c(C3CCCCC3)nc3ccccc3c2=O)cc(Br)c1OCc1cccc2ccccc12. The van der Waals surface area contributed by atoms with Crippen molar-refractivity contribution in [1.82, 2.24) is 9.66 Å². The van der Waals surface area contributed by atoms with Gasteiger partial charge in [-0.05, 0) is 81.9 Å². The molecule has 6 nitrogen and oxygen atoms in total. The van der Waals surface area contributed by atoms with Crippen LogP contribution in [0.5, 0.6) is 11.5 Å². The van der Waals surface area contributed by atoms with Crippen LogP contribution in [0.15, 0.2) is 93.2 Å². The fraction of sp³-hybridized carbons (Fsp3) is 0.265. The second-order valence-corrected chi connectivity index (χ2v) is 11.2. The van der Waals surface area contributed by atoms with Gasteiger partial charge in [0.2, 0.25) is 0 Å². The van der Waals surface area contributed by atoms with E-state index >= 15 is 0 Å². The Morgan fingerprint density at radius 3 is 2.54 bits per heavy atom. The monoisotopic (exact) mass is 609 g/mol. The summed E-state index contributed by atoms with van der Waals surface area (Å²) in [5, 5.41) is 7.61. The summed E-state index contributed by atoms with van der Waals surface area (Å²) in [5.74, 6) is 2.20. The van der Waals surface area contributed by atoms with Crippen molar-refractivity contribution in [3.05, 3.63) is 111 Å². The number of hydrogen-bond acceptors (Lipinski definition) is 5. The Morgan fingerprint density at radius 1 is 0.951 bits per heavy atom. The van der Waals surface area contributed by atoms with E-state index in [-0.39, 0.29) is 11.5 Å². The lowest BCUT2D eigenvalue weighted by Gasteiger charge is -2.22. The van der Waals surface area contributed by atoms with E-state index in [1.165, 1.54) is 16.5 Å². The summed E-state index contributed by atoms with van der Waals surface area (Å²) in [6, 6.07) is 25.8. The number of rotatable bonds is 8. The Labute approximate surface area is 247 Å². The van der Waals surface area contributed by atoms with Gasteiger partial charge in [0.15, 0.2) is 11.5 Å². The van der Waals surface area contributed by atoms with Gasteiger partial charge in [-0.15, -0.1) is 0 Å². The van der Waals surface area contributed by atoms with Crippen LogP contribution in [0.3, 0.4) is 0 Å². The molecular formula is C34H32BrN3O3. The van der Waals surface area contributed by atoms with Crippen molar-refractivity contribution in [2.45, 2.75) is 51.6 Å². The molecule has 208 valence electrons. The molecule has 1 aliphatic rings. The Bertz CT molecular complexity index is 1790. The first-order chi connectivity index (χ1) is 20.1. The van der Waals surface area contributed by atoms with E-state index in [1.54, 1.807) is 6.21 Å². The molecule has 0 radical (unpaired) electrons. The molecule has 0 amide bonds. The molecule has 0 N–H and O–H groups in total. The zero-order valence-corrected chi connectivity index (χ0v) is 24.6. The molecule has 5 aromatic rings. The van der Waals surface area contributed by atoms with Gasteiger partial charge in [0.05, 0.1) is 28.2 Å². The number of benzene rings is 4. The lowest BCUT2D eigenvalue weighted by atomic mass is 9.88. The van der Waals surface area contributed by atoms with E-state index in [2.05, 4.69) is 40.2 Å². The van der Waals surface area contributed by atoms with Crippen molar-refractivity contribution in [2.24, 2.45) is 5.10 Å². The van der Waals surface area contributed by atoms with Gasteiger partial charge in [0, 0.05) is 5.92 Å². The molecule has 1 aliphatic carbocycles.